The standard InChI is InChI=1S/C26H23NO4/c1-30-25(28)21-22(26(29)31-2)24(19-14-8-4-9-15-19)27(20-16-10-5-11-17-20)23(21)18-12-6-3-7-13-18/h3-17,23-24H,1-2H3/t23-,24-/m1/s1. The van der Waals surface area contributed by atoms with Crippen molar-refractivity contribution in [1.29, 1.82) is 0 Å². The third-order valence-corrected chi connectivity index (χ3v) is 5.49. The fourth-order valence-electron chi connectivity index (χ4n) is 4.21. The molecule has 31 heavy (non-hydrogen) atoms. The van der Waals surface area contributed by atoms with Gasteiger partial charge in [-0.2, -0.15) is 0 Å². The molecule has 1 heterocycles. The lowest BCUT2D eigenvalue weighted by Gasteiger charge is -2.34. The number of hydrogen-bond acceptors (Lipinski definition) is 5. The summed E-state index contributed by atoms with van der Waals surface area (Å²) in [5.74, 6) is -1.10. The van der Waals surface area contributed by atoms with Crippen molar-refractivity contribution in [3.8, 4) is 0 Å². The summed E-state index contributed by atoms with van der Waals surface area (Å²) >= 11 is 0. The molecule has 0 unspecified atom stereocenters. The van der Waals surface area contributed by atoms with Crippen LogP contribution in [0.2, 0.25) is 0 Å². The van der Waals surface area contributed by atoms with E-state index in [9.17, 15) is 9.59 Å². The Morgan fingerprint density at radius 1 is 0.613 bits per heavy atom. The molecule has 2 atom stereocenters. The highest BCUT2D eigenvalue weighted by Gasteiger charge is 2.48. The van der Waals surface area contributed by atoms with Crippen molar-refractivity contribution in [2.75, 3.05) is 19.1 Å². The van der Waals surface area contributed by atoms with Crippen LogP contribution in [0.5, 0.6) is 0 Å². The number of carbonyl (C=O) groups is 2. The number of esters is 2. The molecule has 0 bridgehead atoms. The molecule has 0 aliphatic carbocycles. The van der Waals surface area contributed by atoms with Crippen molar-refractivity contribution in [1.82, 2.24) is 0 Å². The maximum atomic E-state index is 13.1. The van der Waals surface area contributed by atoms with Gasteiger partial charge in [0.25, 0.3) is 0 Å². The fourth-order valence-corrected chi connectivity index (χ4v) is 4.21. The molecule has 5 nitrogen and oxygen atoms in total. The Labute approximate surface area is 181 Å². The predicted octanol–water partition coefficient (Wildman–Crippen LogP) is 4.63. The summed E-state index contributed by atoms with van der Waals surface area (Å²) in [6, 6.07) is 28.0. The van der Waals surface area contributed by atoms with Crippen molar-refractivity contribution in [3.63, 3.8) is 0 Å². The van der Waals surface area contributed by atoms with E-state index in [0.29, 0.717) is 11.1 Å². The van der Waals surface area contributed by atoms with E-state index < -0.39 is 24.0 Å². The smallest absolute Gasteiger partial charge is 0.336 e. The monoisotopic (exact) mass is 413 g/mol. The lowest BCUT2D eigenvalue weighted by Crippen LogP contribution is -2.30. The molecule has 0 amide bonds. The average Bonchev–Trinajstić information content (AvgIpc) is 3.21. The maximum absolute atomic E-state index is 13.1. The van der Waals surface area contributed by atoms with Crippen LogP contribution in [0.1, 0.15) is 23.2 Å². The lowest BCUT2D eigenvalue weighted by atomic mass is 9.95. The number of benzene rings is 3. The predicted molar refractivity (Wildman–Crippen MR) is 118 cm³/mol. The van der Waals surface area contributed by atoms with Crippen molar-refractivity contribution in [3.05, 3.63) is 113 Å². The van der Waals surface area contributed by atoms with Crippen LogP contribution in [0.15, 0.2) is 102 Å². The number of nitrogens with zero attached hydrogens (tertiary/aromatic N) is 1. The van der Waals surface area contributed by atoms with Crippen LogP contribution in [0.4, 0.5) is 5.69 Å². The van der Waals surface area contributed by atoms with Gasteiger partial charge in [-0.25, -0.2) is 9.59 Å². The van der Waals surface area contributed by atoms with Gasteiger partial charge in [-0.3, -0.25) is 0 Å². The first-order chi connectivity index (χ1) is 15.2. The number of methoxy groups -OCH3 is 2. The van der Waals surface area contributed by atoms with Gasteiger partial charge in [0.05, 0.1) is 37.4 Å². The first-order valence-electron chi connectivity index (χ1n) is 10.0. The third-order valence-electron chi connectivity index (χ3n) is 5.49. The van der Waals surface area contributed by atoms with Gasteiger partial charge in [0.2, 0.25) is 0 Å². The molecule has 0 saturated carbocycles. The van der Waals surface area contributed by atoms with Crippen LogP contribution in [0.25, 0.3) is 0 Å². The number of carbonyl (C=O) groups excluding carboxylic acids is 2. The molecule has 0 radical (unpaired) electrons. The fraction of sp³-hybridized carbons (Fsp3) is 0.154. The summed E-state index contributed by atoms with van der Waals surface area (Å²) in [5.41, 5.74) is 3.22. The summed E-state index contributed by atoms with van der Waals surface area (Å²) in [7, 11) is 2.66. The maximum Gasteiger partial charge on any atom is 0.336 e. The van der Waals surface area contributed by atoms with Crippen LogP contribution in [-0.4, -0.2) is 26.2 Å². The summed E-state index contributed by atoms with van der Waals surface area (Å²) in [4.78, 5) is 28.2. The van der Waals surface area contributed by atoms with E-state index >= 15 is 0 Å². The molecular formula is C26H23NO4. The number of anilines is 1. The van der Waals surface area contributed by atoms with Gasteiger partial charge in [0.15, 0.2) is 0 Å². The topological polar surface area (TPSA) is 55.8 Å². The Hall–Kier alpha value is -3.86. The number of para-hydroxylation sites is 1. The highest BCUT2D eigenvalue weighted by atomic mass is 16.5. The van der Waals surface area contributed by atoms with Gasteiger partial charge in [-0.05, 0) is 23.3 Å². The Kier molecular flexibility index (Phi) is 5.85. The Balaban J connectivity index is 2.05. The molecule has 0 fully saturated rings. The summed E-state index contributed by atoms with van der Waals surface area (Å²) in [6.07, 6.45) is 0. The zero-order valence-electron chi connectivity index (χ0n) is 17.4. The van der Waals surface area contributed by atoms with E-state index in [2.05, 4.69) is 4.90 Å². The van der Waals surface area contributed by atoms with Gasteiger partial charge in [0.1, 0.15) is 0 Å². The van der Waals surface area contributed by atoms with Crippen molar-refractivity contribution < 1.29 is 19.1 Å². The molecule has 0 aromatic heterocycles. The SMILES string of the molecule is COC(=O)C1=C(C(=O)OC)[C@@H](c2ccccc2)N(c2ccccc2)[C@@H]1c1ccccc1. The number of rotatable bonds is 5. The molecule has 5 heteroatoms. The normalized spacial score (nSPS) is 18.1. The van der Waals surface area contributed by atoms with Crippen LogP contribution >= 0.6 is 0 Å². The minimum Gasteiger partial charge on any atom is -0.466 e. The molecule has 3 aromatic rings. The summed E-state index contributed by atoms with van der Waals surface area (Å²) in [5, 5.41) is 0. The average molecular weight is 413 g/mol. The van der Waals surface area contributed by atoms with Crippen molar-refractivity contribution in [2.24, 2.45) is 0 Å². The van der Waals surface area contributed by atoms with Gasteiger partial charge < -0.3 is 14.4 Å². The first-order valence-corrected chi connectivity index (χ1v) is 10.0. The number of ether oxygens (including phenoxy) is 2. The van der Waals surface area contributed by atoms with Gasteiger partial charge in [-0.1, -0.05) is 78.9 Å². The summed E-state index contributed by atoms with van der Waals surface area (Å²) in [6.45, 7) is 0. The summed E-state index contributed by atoms with van der Waals surface area (Å²) < 4.78 is 10.3. The second-order valence-electron chi connectivity index (χ2n) is 7.18. The Morgan fingerprint density at radius 2 is 0.968 bits per heavy atom. The van der Waals surface area contributed by atoms with E-state index in [1.165, 1.54) is 14.2 Å². The molecule has 0 N–H and O–H groups in total. The van der Waals surface area contributed by atoms with Crippen LogP contribution < -0.4 is 4.90 Å². The molecule has 0 spiro atoms. The van der Waals surface area contributed by atoms with Crippen molar-refractivity contribution in [2.45, 2.75) is 12.1 Å². The molecule has 1 aliphatic heterocycles. The van der Waals surface area contributed by atoms with Crippen LogP contribution in [0.3, 0.4) is 0 Å². The molecule has 1 aliphatic rings. The largest absolute Gasteiger partial charge is 0.466 e. The van der Waals surface area contributed by atoms with Crippen molar-refractivity contribution >= 4 is 17.6 Å². The van der Waals surface area contributed by atoms with E-state index in [0.717, 1.165) is 16.8 Å². The second kappa shape index (κ2) is 8.88. The van der Waals surface area contributed by atoms with E-state index in [1.54, 1.807) is 0 Å². The molecule has 156 valence electrons. The van der Waals surface area contributed by atoms with Crippen LogP contribution in [0, 0.1) is 0 Å². The molecule has 4 rings (SSSR count). The Morgan fingerprint density at radius 3 is 1.32 bits per heavy atom. The molecular weight excluding hydrogens is 390 g/mol. The Bertz CT molecular complexity index is 1020. The van der Waals surface area contributed by atoms with E-state index in [-0.39, 0.29) is 0 Å². The molecule has 0 saturated heterocycles. The molecule has 3 aromatic carbocycles. The zero-order valence-corrected chi connectivity index (χ0v) is 17.4. The zero-order chi connectivity index (χ0) is 21.8. The van der Waals surface area contributed by atoms with Gasteiger partial charge >= 0.3 is 11.9 Å². The van der Waals surface area contributed by atoms with Gasteiger partial charge in [-0.15, -0.1) is 0 Å². The highest BCUT2D eigenvalue weighted by Crippen LogP contribution is 2.51. The second-order valence-corrected chi connectivity index (χ2v) is 7.18. The first kappa shape index (κ1) is 20.4. The van der Waals surface area contributed by atoms with E-state index in [1.807, 2.05) is 91.0 Å². The van der Waals surface area contributed by atoms with Gasteiger partial charge in [0, 0.05) is 5.69 Å². The minimum atomic E-state index is -0.548. The lowest BCUT2D eigenvalue weighted by molar-refractivity contribution is -0.139. The number of hydrogen-bond donors (Lipinski definition) is 0. The quantitative estimate of drug-likeness (QED) is 0.571. The van der Waals surface area contributed by atoms with E-state index in [4.69, 9.17) is 9.47 Å². The highest BCUT2D eigenvalue weighted by molar-refractivity contribution is 6.05. The third kappa shape index (κ3) is 3.70. The van der Waals surface area contributed by atoms with Crippen LogP contribution in [-0.2, 0) is 19.1 Å². The minimum absolute atomic E-state index is 0.290.